The molecule has 0 aliphatic carbocycles. The fourth-order valence-corrected chi connectivity index (χ4v) is 3.76. The molecule has 7 N–H and O–H groups in total. The number of fused-ring (bicyclic) bond motifs is 1. The zero-order chi connectivity index (χ0) is 23.2. The van der Waals surface area contributed by atoms with Crippen LogP contribution in [0.15, 0.2) is 30.3 Å². The van der Waals surface area contributed by atoms with Crippen molar-refractivity contribution in [1.82, 2.24) is 0 Å². The molecular formula is C21H22O11. The van der Waals surface area contributed by atoms with Crippen LogP contribution >= 0.6 is 0 Å². The maximum Gasteiger partial charge on any atom is 0.229 e. The first-order chi connectivity index (χ1) is 15.2. The number of phenolic OH excluding ortho intramolecular Hbond substituents is 3. The Morgan fingerprint density at radius 3 is 2.41 bits per heavy atom. The molecule has 2 aliphatic rings. The first-order valence-corrected chi connectivity index (χ1v) is 9.75. The van der Waals surface area contributed by atoms with Crippen LogP contribution in [0.3, 0.4) is 0 Å². The first kappa shape index (κ1) is 22.1. The molecule has 4 rings (SSSR count). The minimum Gasteiger partial charge on any atom is -0.508 e. The highest BCUT2D eigenvalue weighted by Crippen LogP contribution is 2.44. The number of Topliss-reactive ketones (excluding diaryl/α,β-unsaturated/α-hetero) is 1. The SMILES string of the molecule is O=C1C[C@H](c2ccc(O)cc2O)Oc2cc(O[C@@H]3O[C@@H](CO)[C@@H](O)[C@H](O)[C@@H]3O)cc(O)c21. The molecule has 1 fully saturated rings. The molecular weight excluding hydrogens is 428 g/mol. The van der Waals surface area contributed by atoms with Crippen LogP contribution in [0.1, 0.15) is 28.4 Å². The average Bonchev–Trinajstić information content (AvgIpc) is 2.73. The minimum absolute atomic E-state index is 0.0571. The van der Waals surface area contributed by atoms with Crippen molar-refractivity contribution in [3.63, 3.8) is 0 Å². The Balaban J connectivity index is 1.61. The maximum atomic E-state index is 12.6. The van der Waals surface area contributed by atoms with Gasteiger partial charge < -0.3 is 50.0 Å². The van der Waals surface area contributed by atoms with Gasteiger partial charge in [-0.05, 0) is 12.1 Å². The number of aliphatic hydroxyl groups excluding tert-OH is 4. The van der Waals surface area contributed by atoms with Gasteiger partial charge in [0.25, 0.3) is 0 Å². The van der Waals surface area contributed by atoms with E-state index in [1.165, 1.54) is 18.2 Å². The van der Waals surface area contributed by atoms with Crippen molar-refractivity contribution in [2.24, 2.45) is 0 Å². The quantitative estimate of drug-likeness (QED) is 0.324. The van der Waals surface area contributed by atoms with E-state index < -0.39 is 54.9 Å². The lowest BCUT2D eigenvalue weighted by Crippen LogP contribution is -2.60. The number of hydrogen-bond acceptors (Lipinski definition) is 11. The summed E-state index contributed by atoms with van der Waals surface area (Å²) in [7, 11) is 0. The number of ether oxygens (including phenoxy) is 3. The van der Waals surface area contributed by atoms with Gasteiger partial charge in [-0.1, -0.05) is 0 Å². The van der Waals surface area contributed by atoms with Gasteiger partial charge in [0, 0.05) is 23.8 Å². The van der Waals surface area contributed by atoms with Gasteiger partial charge in [0.15, 0.2) is 5.78 Å². The summed E-state index contributed by atoms with van der Waals surface area (Å²) in [5, 5.41) is 69.1. The molecule has 32 heavy (non-hydrogen) atoms. The van der Waals surface area contributed by atoms with Gasteiger partial charge in [-0.15, -0.1) is 0 Å². The first-order valence-electron chi connectivity index (χ1n) is 9.75. The van der Waals surface area contributed by atoms with Crippen molar-refractivity contribution in [2.45, 2.75) is 43.2 Å². The van der Waals surface area contributed by atoms with Crippen LogP contribution in [-0.2, 0) is 4.74 Å². The highest BCUT2D eigenvalue weighted by Gasteiger charge is 2.45. The number of ketones is 1. The van der Waals surface area contributed by atoms with Gasteiger partial charge in [-0.25, -0.2) is 0 Å². The van der Waals surface area contributed by atoms with E-state index in [9.17, 15) is 40.5 Å². The van der Waals surface area contributed by atoms with Gasteiger partial charge in [-0.3, -0.25) is 4.79 Å². The largest absolute Gasteiger partial charge is 0.508 e. The lowest BCUT2D eigenvalue weighted by Gasteiger charge is -2.39. The van der Waals surface area contributed by atoms with E-state index in [4.69, 9.17) is 14.2 Å². The van der Waals surface area contributed by atoms with Gasteiger partial charge in [0.1, 0.15) is 64.8 Å². The van der Waals surface area contributed by atoms with Crippen molar-refractivity contribution in [3.05, 3.63) is 41.5 Å². The second-order valence-corrected chi connectivity index (χ2v) is 7.61. The van der Waals surface area contributed by atoms with Crippen molar-refractivity contribution in [1.29, 1.82) is 0 Å². The van der Waals surface area contributed by atoms with E-state index in [0.717, 1.165) is 12.1 Å². The summed E-state index contributed by atoms with van der Waals surface area (Å²) >= 11 is 0. The molecule has 6 atom stereocenters. The van der Waals surface area contributed by atoms with E-state index in [1.807, 2.05) is 0 Å². The van der Waals surface area contributed by atoms with E-state index in [2.05, 4.69) is 0 Å². The molecule has 1 saturated heterocycles. The molecule has 11 nitrogen and oxygen atoms in total. The molecule has 2 heterocycles. The second kappa shape index (κ2) is 8.45. The molecule has 0 unspecified atom stereocenters. The number of phenols is 3. The van der Waals surface area contributed by atoms with Crippen LogP contribution in [0.5, 0.6) is 28.7 Å². The number of aromatic hydroxyl groups is 3. The number of hydrogen-bond donors (Lipinski definition) is 7. The second-order valence-electron chi connectivity index (χ2n) is 7.61. The summed E-state index contributed by atoms with van der Waals surface area (Å²) in [6, 6.07) is 6.20. The van der Waals surface area contributed by atoms with Gasteiger partial charge >= 0.3 is 0 Å². The fourth-order valence-electron chi connectivity index (χ4n) is 3.76. The molecule has 0 spiro atoms. The Bertz CT molecular complexity index is 1020. The molecule has 172 valence electrons. The van der Waals surface area contributed by atoms with Crippen molar-refractivity contribution in [2.75, 3.05) is 6.61 Å². The highest BCUT2D eigenvalue weighted by atomic mass is 16.7. The fraction of sp³-hybridized carbons (Fsp3) is 0.381. The Morgan fingerprint density at radius 1 is 0.969 bits per heavy atom. The molecule has 0 radical (unpaired) electrons. The lowest BCUT2D eigenvalue weighted by atomic mass is 9.95. The van der Waals surface area contributed by atoms with E-state index >= 15 is 0 Å². The summed E-state index contributed by atoms with van der Waals surface area (Å²) in [6.07, 6.45) is -8.66. The van der Waals surface area contributed by atoms with Crippen LogP contribution in [-0.4, -0.2) is 78.8 Å². The number of carbonyl (C=O) groups excluding carboxylic acids is 1. The van der Waals surface area contributed by atoms with Crippen LogP contribution in [0.2, 0.25) is 0 Å². The van der Waals surface area contributed by atoms with Gasteiger partial charge in [0.05, 0.1) is 13.0 Å². The molecule has 11 heteroatoms. The van der Waals surface area contributed by atoms with E-state index in [1.54, 1.807) is 0 Å². The third-order valence-corrected chi connectivity index (χ3v) is 5.44. The van der Waals surface area contributed by atoms with Crippen molar-refractivity contribution >= 4 is 5.78 Å². The zero-order valence-electron chi connectivity index (χ0n) is 16.5. The van der Waals surface area contributed by atoms with E-state index in [0.29, 0.717) is 0 Å². The summed E-state index contributed by atoms with van der Waals surface area (Å²) in [5.41, 5.74) is 0.155. The summed E-state index contributed by atoms with van der Waals surface area (Å²) in [5.74, 6) is -1.50. The average molecular weight is 450 g/mol. The van der Waals surface area contributed by atoms with Crippen LogP contribution in [0.4, 0.5) is 0 Å². The summed E-state index contributed by atoms with van der Waals surface area (Å²) in [6.45, 7) is -0.643. The Morgan fingerprint density at radius 2 is 1.72 bits per heavy atom. The Labute approximate surface area is 181 Å². The monoisotopic (exact) mass is 450 g/mol. The topological polar surface area (TPSA) is 186 Å². The molecule has 0 saturated carbocycles. The molecule has 0 amide bonds. The maximum absolute atomic E-state index is 12.6. The predicted octanol–water partition coefficient (Wildman–Crippen LogP) is -0.311. The third kappa shape index (κ3) is 3.92. The Hall–Kier alpha value is -3.09. The molecule has 2 aliphatic heterocycles. The molecule has 2 aromatic carbocycles. The number of benzene rings is 2. The number of aliphatic hydroxyl groups is 4. The Kier molecular flexibility index (Phi) is 5.84. The molecule has 0 aromatic heterocycles. The smallest absolute Gasteiger partial charge is 0.229 e. The zero-order valence-corrected chi connectivity index (χ0v) is 16.5. The van der Waals surface area contributed by atoms with Gasteiger partial charge in [-0.2, -0.15) is 0 Å². The number of rotatable bonds is 4. The third-order valence-electron chi connectivity index (χ3n) is 5.44. The van der Waals surface area contributed by atoms with Gasteiger partial charge in [0.2, 0.25) is 6.29 Å². The van der Waals surface area contributed by atoms with Crippen LogP contribution < -0.4 is 9.47 Å². The summed E-state index contributed by atoms with van der Waals surface area (Å²) < 4.78 is 16.6. The van der Waals surface area contributed by atoms with Crippen molar-refractivity contribution in [3.8, 4) is 28.7 Å². The highest BCUT2D eigenvalue weighted by molar-refractivity contribution is 6.02. The molecule has 0 bridgehead atoms. The predicted molar refractivity (Wildman–Crippen MR) is 105 cm³/mol. The normalized spacial score (nSPS) is 29.8. The summed E-state index contributed by atoms with van der Waals surface area (Å²) in [4.78, 5) is 12.6. The van der Waals surface area contributed by atoms with Crippen LogP contribution in [0, 0.1) is 0 Å². The van der Waals surface area contributed by atoms with E-state index in [-0.39, 0.29) is 40.5 Å². The molecule has 2 aromatic rings. The lowest BCUT2D eigenvalue weighted by molar-refractivity contribution is -0.277. The van der Waals surface area contributed by atoms with Crippen LogP contribution in [0.25, 0.3) is 0 Å². The number of carbonyl (C=O) groups is 1. The minimum atomic E-state index is -1.67. The standard InChI is InChI=1S/C21H22O11/c22-7-16-18(27)19(28)20(29)21(32-16)30-9-4-12(25)17-13(26)6-14(31-15(17)5-9)10-2-1-8(23)3-11(10)24/h1-5,14,16,18-25,27-29H,6-7H2/t14-,16+,18-,19+,20+,21-/m1/s1. The van der Waals surface area contributed by atoms with Crippen molar-refractivity contribution < 1.29 is 54.8 Å².